The fourth-order valence-electron chi connectivity index (χ4n) is 3.86. The number of rotatable bonds is 2. The Morgan fingerprint density at radius 3 is 2.53 bits per heavy atom. The summed E-state index contributed by atoms with van der Waals surface area (Å²) in [5.74, 6) is 0.635. The molecule has 1 saturated carbocycles. The van der Waals surface area contributed by atoms with Crippen LogP contribution in [-0.2, 0) is 14.8 Å². The molecule has 3 fully saturated rings. The average molecular weight is 288 g/mol. The Morgan fingerprint density at radius 2 is 2.00 bits per heavy atom. The topological polar surface area (TPSA) is 81.4 Å². The normalized spacial score (nSPS) is 38.9. The Labute approximate surface area is 115 Å². The molecule has 0 aromatic carbocycles. The van der Waals surface area contributed by atoms with Crippen LogP contribution in [0.2, 0.25) is 0 Å². The lowest BCUT2D eigenvalue weighted by Crippen LogP contribution is -2.54. The van der Waals surface area contributed by atoms with E-state index in [2.05, 4.69) is 5.32 Å². The van der Waals surface area contributed by atoms with Gasteiger partial charge in [-0.2, -0.15) is 0 Å². The van der Waals surface area contributed by atoms with Crippen molar-refractivity contribution >= 4 is 10.0 Å². The van der Waals surface area contributed by atoms with Gasteiger partial charge in [-0.1, -0.05) is 0 Å². The third kappa shape index (κ3) is 2.82. The van der Waals surface area contributed by atoms with Crippen LogP contribution in [0.5, 0.6) is 0 Å². The molecular weight excluding hydrogens is 264 g/mol. The standard InChI is InChI=1S/C13H24N2O3S/c14-19(16,17)11-2-3-12(15-9-11)10-4-7-18-13(8-10)5-1-6-13/h10-12,15H,1-9H2,(H2,14,16,17). The number of sulfonamides is 1. The van der Waals surface area contributed by atoms with Gasteiger partial charge in [-0.25, -0.2) is 13.6 Å². The molecule has 5 nitrogen and oxygen atoms in total. The minimum Gasteiger partial charge on any atom is -0.375 e. The largest absolute Gasteiger partial charge is 0.375 e. The van der Waals surface area contributed by atoms with Gasteiger partial charge in [0.2, 0.25) is 10.0 Å². The molecule has 2 aliphatic heterocycles. The van der Waals surface area contributed by atoms with E-state index in [4.69, 9.17) is 9.88 Å². The van der Waals surface area contributed by atoms with Crippen molar-refractivity contribution in [1.29, 1.82) is 0 Å². The van der Waals surface area contributed by atoms with Crippen molar-refractivity contribution in [3.8, 4) is 0 Å². The maximum Gasteiger partial charge on any atom is 0.213 e. The maximum absolute atomic E-state index is 11.3. The van der Waals surface area contributed by atoms with Gasteiger partial charge in [0.15, 0.2) is 0 Å². The van der Waals surface area contributed by atoms with Crippen molar-refractivity contribution in [2.45, 2.75) is 61.8 Å². The van der Waals surface area contributed by atoms with Crippen LogP contribution >= 0.6 is 0 Å². The average Bonchev–Trinajstić information content (AvgIpc) is 2.36. The van der Waals surface area contributed by atoms with Crippen molar-refractivity contribution in [3.05, 3.63) is 0 Å². The van der Waals surface area contributed by atoms with Crippen molar-refractivity contribution in [2.24, 2.45) is 11.1 Å². The predicted molar refractivity (Wildman–Crippen MR) is 73.2 cm³/mol. The number of primary sulfonamides is 1. The van der Waals surface area contributed by atoms with Crippen molar-refractivity contribution in [2.75, 3.05) is 13.2 Å². The van der Waals surface area contributed by atoms with Crippen LogP contribution in [0.3, 0.4) is 0 Å². The molecular formula is C13H24N2O3S. The summed E-state index contributed by atoms with van der Waals surface area (Å²) in [5.41, 5.74) is 0.168. The summed E-state index contributed by atoms with van der Waals surface area (Å²) in [6.07, 6.45) is 7.55. The SMILES string of the molecule is NS(=O)(=O)C1CCC(C2CCOC3(CCC3)C2)NC1. The summed E-state index contributed by atoms with van der Waals surface area (Å²) in [7, 11) is -3.38. The Balaban J connectivity index is 1.56. The molecule has 3 atom stereocenters. The molecule has 3 N–H and O–H groups in total. The van der Waals surface area contributed by atoms with E-state index in [-0.39, 0.29) is 5.60 Å². The highest BCUT2D eigenvalue weighted by molar-refractivity contribution is 7.89. The van der Waals surface area contributed by atoms with Crippen LogP contribution in [0.15, 0.2) is 0 Å². The lowest BCUT2D eigenvalue weighted by Gasteiger charge is -2.49. The van der Waals surface area contributed by atoms with Crippen LogP contribution in [0, 0.1) is 5.92 Å². The van der Waals surface area contributed by atoms with E-state index >= 15 is 0 Å². The van der Waals surface area contributed by atoms with E-state index in [9.17, 15) is 8.42 Å². The number of nitrogens with one attached hydrogen (secondary N) is 1. The fraction of sp³-hybridized carbons (Fsp3) is 1.00. The monoisotopic (exact) mass is 288 g/mol. The minimum atomic E-state index is -3.38. The molecule has 0 amide bonds. The molecule has 1 spiro atoms. The van der Waals surface area contributed by atoms with Crippen molar-refractivity contribution in [1.82, 2.24) is 5.32 Å². The fourth-order valence-corrected chi connectivity index (χ4v) is 4.66. The van der Waals surface area contributed by atoms with Crippen LogP contribution in [0.25, 0.3) is 0 Å². The lowest BCUT2D eigenvalue weighted by atomic mass is 9.69. The second-order valence-corrected chi connectivity index (χ2v) is 8.29. The van der Waals surface area contributed by atoms with E-state index in [0.29, 0.717) is 24.9 Å². The molecule has 110 valence electrons. The van der Waals surface area contributed by atoms with Gasteiger partial charge < -0.3 is 10.1 Å². The lowest BCUT2D eigenvalue weighted by molar-refractivity contribution is -0.147. The molecule has 6 heteroatoms. The Hall–Kier alpha value is -0.170. The van der Waals surface area contributed by atoms with Gasteiger partial charge >= 0.3 is 0 Å². The van der Waals surface area contributed by atoms with E-state index < -0.39 is 15.3 Å². The number of hydrogen-bond acceptors (Lipinski definition) is 4. The highest BCUT2D eigenvalue weighted by Crippen LogP contribution is 2.45. The van der Waals surface area contributed by atoms with Crippen LogP contribution in [-0.4, -0.2) is 38.5 Å². The Bertz CT molecular complexity index is 425. The molecule has 2 saturated heterocycles. The van der Waals surface area contributed by atoms with E-state index in [0.717, 1.165) is 25.9 Å². The van der Waals surface area contributed by atoms with Gasteiger partial charge in [0.05, 0.1) is 10.9 Å². The summed E-state index contributed by atoms with van der Waals surface area (Å²) in [4.78, 5) is 0. The second kappa shape index (κ2) is 4.98. The smallest absolute Gasteiger partial charge is 0.213 e. The minimum absolute atomic E-state index is 0.168. The first-order valence-electron chi connectivity index (χ1n) is 7.38. The van der Waals surface area contributed by atoms with Crippen LogP contribution < -0.4 is 10.5 Å². The molecule has 3 aliphatic rings. The summed E-state index contributed by atoms with van der Waals surface area (Å²) in [6, 6.07) is 0.444. The summed E-state index contributed by atoms with van der Waals surface area (Å²) < 4.78 is 28.6. The number of hydrogen-bond donors (Lipinski definition) is 2. The Kier molecular flexibility index (Phi) is 3.62. The predicted octanol–water partition coefficient (Wildman–Crippen LogP) is 0.745. The van der Waals surface area contributed by atoms with Crippen LogP contribution in [0.4, 0.5) is 0 Å². The Morgan fingerprint density at radius 1 is 1.21 bits per heavy atom. The number of ether oxygens (including phenoxy) is 1. The first kappa shape index (κ1) is 13.8. The summed E-state index contributed by atoms with van der Waals surface area (Å²) >= 11 is 0. The zero-order valence-corrected chi connectivity index (χ0v) is 12.1. The zero-order valence-electron chi connectivity index (χ0n) is 11.3. The van der Waals surface area contributed by atoms with E-state index in [1.54, 1.807) is 0 Å². The van der Waals surface area contributed by atoms with Crippen LogP contribution in [0.1, 0.15) is 44.9 Å². The number of nitrogens with two attached hydrogens (primary N) is 1. The second-order valence-electron chi connectivity index (χ2n) is 6.44. The molecule has 0 aromatic rings. The highest BCUT2D eigenvalue weighted by atomic mass is 32.2. The van der Waals surface area contributed by atoms with Gasteiger partial charge in [-0.05, 0) is 50.9 Å². The third-order valence-electron chi connectivity index (χ3n) is 5.24. The van der Waals surface area contributed by atoms with E-state index in [1.807, 2.05) is 0 Å². The van der Waals surface area contributed by atoms with Crippen molar-refractivity contribution in [3.63, 3.8) is 0 Å². The van der Waals surface area contributed by atoms with E-state index in [1.165, 1.54) is 19.3 Å². The number of piperidine rings is 1. The molecule has 2 heterocycles. The van der Waals surface area contributed by atoms with Gasteiger partial charge in [-0.3, -0.25) is 0 Å². The molecule has 0 aromatic heterocycles. The quantitative estimate of drug-likeness (QED) is 0.785. The maximum atomic E-state index is 11.3. The van der Waals surface area contributed by atoms with Gasteiger partial charge in [-0.15, -0.1) is 0 Å². The van der Waals surface area contributed by atoms with Gasteiger partial charge in [0.1, 0.15) is 0 Å². The molecule has 3 rings (SSSR count). The third-order valence-corrected chi connectivity index (χ3v) is 6.57. The summed E-state index contributed by atoms with van der Waals surface area (Å²) in [6.45, 7) is 1.37. The molecule has 19 heavy (non-hydrogen) atoms. The molecule has 0 bridgehead atoms. The first-order chi connectivity index (χ1) is 8.99. The highest BCUT2D eigenvalue weighted by Gasteiger charge is 2.45. The zero-order chi connectivity index (χ0) is 13.5. The molecule has 0 radical (unpaired) electrons. The van der Waals surface area contributed by atoms with Gasteiger partial charge in [0, 0.05) is 19.2 Å². The molecule has 1 aliphatic carbocycles. The molecule has 3 unspecified atom stereocenters. The first-order valence-corrected chi connectivity index (χ1v) is 8.98. The van der Waals surface area contributed by atoms with Crippen molar-refractivity contribution < 1.29 is 13.2 Å². The van der Waals surface area contributed by atoms with Gasteiger partial charge in [0.25, 0.3) is 0 Å². The summed E-state index contributed by atoms with van der Waals surface area (Å²) in [5, 5.41) is 8.24.